The highest BCUT2D eigenvalue weighted by atomic mass is 32.1. The van der Waals surface area contributed by atoms with Gasteiger partial charge < -0.3 is 10.4 Å². The third kappa shape index (κ3) is 4.43. The Morgan fingerprint density at radius 3 is 2.25 bits per heavy atom. The fourth-order valence-corrected chi connectivity index (χ4v) is 2.78. The number of aryl methyl sites for hydroxylation is 1. The van der Waals surface area contributed by atoms with Crippen molar-refractivity contribution in [2.45, 2.75) is 58.4 Å². The van der Waals surface area contributed by atoms with E-state index in [1.165, 1.54) is 11.3 Å². The quantitative estimate of drug-likeness (QED) is 0.896. The van der Waals surface area contributed by atoms with E-state index in [0.29, 0.717) is 0 Å². The van der Waals surface area contributed by atoms with E-state index in [2.05, 4.69) is 10.3 Å². The Morgan fingerprint density at radius 2 is 1.85 bits per heavy atom. The molecule has 0 aliphatic rings. The molecule has 1 rings (SSSR count). The van der Waals surface area contributed by atoms with E-state index < -0.39 is 18.8 Å². The Hall–Kier alpha value is -0.660. The fraction of sp³-hybridized carbons (Fsp3) is 0.769. The van der Waals surface area contributed by atoms with Gasteiger partial charge in [0, 0.05) is 22.9 Å². The van der Waals surface area contributed by atoms with E-state index in [4.69, 9.17) is 5.11 Å². The summed E-state index contributed by atoms with van der Waals surface area (Å²) < 4.78 is 36.7. The lowest BCUT2D eigenvalue weighted by Gasteiger charge is -2.18. The smallest absolute Gasteiger partial charge is 0.382 e. The maximum atomic E-state index is 12.2. The summed E-state index contributed by atoms with van der Waals surface area (Å²) in [5.74, 6) is 0. The second-order valence-electron chi connectivity index (χ2n) is 5.91. The van der Waals surface area contributed by atoms with Crippen molar-refractivity contribution >= 4 is 11.3 Å². The Bertz CT molecular complexity index is 451. The predicted molar refractivity (Wildman–Crippen MR) is 74.0 cm³/mol. The Morgan fingerprint density at radius 1 is 1.30 bits per heavy atom. The molecule has 0 saturated carbocycles. The van der Waals surface area contributed by atoms with Gasteiger partial charge in [-0.05, 0) is 13.8 Å². The molecule has 20 heavy (non-hydrogen) atoms. The highest BCUT2D eigenvalue weighted by Crippen LogP contribution is 2.32. The lowest BCUT2D eigenvalue weighted by atomic mass is 9.98. The summed E-state index contributed by atoms with van der Waals surface area (Å²) in [6, 6.07) is -0.277. The van der Waals surface area contributed by atoms with Crippen LogP contribution in [0.3, 0.4) is 0 Å². The monoisotopic (exact) mass is 310 g/mol. The van der Waals surface area contributed by atoms with Crippen LogP contribution < -0.4 is 5.32 Å². The molecule has 1 aromatic rings. The summed E-state index contributed by atoms with van der Waals surface area (Å²) in [5.41, 5.74) is 0.736. The molecule has 2 N–H and O–H groups in total. The summed E-state index contributed by atoms with van der Waals surface area (Å²) in [5, 5.41) is 12.7. The third-order valence-corrected chi connectivity index (χ3v) is 4.63. The molecule has 0 aliphatic heterocycles. The number of alkyl halides is 3. The zero-order valence-corrected chi connectivity index (χ0v) is 13.1. The molecule has 0 saturated heterocycles. The van der Waals surface area contributed by atoms with Gasteiger partial charge in [-0.1, -0.05) is 20.8 Å². The number of thiazole rings is 1. The van der Waals surface area contributed by atoms with Crippen LogP contribution >= 0.6 is 11.3 Å². The van der Waals surface area contributed by atoms with E-state index >= 15 is 0 Å². The lowest BCUT2D eigenvalue weighted by Crippen LogP contribution is -2.39. The highest BCUT2D eigenvalue weighted by molar-refractivity contribution is 7.12. The maximum absolute atomic E-state index is 12.2. The molecule has 0 amide bonds. The van der Waals surface area contributed by atoms with Crippen LogP contribution in [-0.4, -0.2) is 28.9 Å². The van der Waals surface area contributed by atoms with E-state index in [9.17, 15) is 13.2 Å². The average molecular weight is 310 g/mol. The SMILES string of the molecule is Cc1nc(C(C)(C)C)sc1C(C)NCC(O)C(F)(F)F. The number of halogens is 3. The largest absolute Gasteiger partial charge is 0.415 e. The number of aliphatic hydroxyl groups is 1. The number of aromatic nitrogens is 1. The first kappa shape index (κ1) is 17.4. The van der Waals surface area contributed by atoms with Crippen molar-refractivity contribution < 1.29 is 18.3 Å². The predicted octanol–water partition coefficient (Wildman–Crippen LogP) is 3.32. The minimum atomic E-state index is -4.59. The summed E-state index contributed by atoms with van der Waals surface area (Å²) >= 11 is 1.50. The van der Waals surface area contributed by atoms with Crippen molar-refractivity contribution in [2.24, 2.45) is 0 Å². The second-order valence-corrected chi connectivity index (χ2v) is 6.94. The van der Waals surface area contributed by atoms with Crippen molar-refractivity contribution in [3.63, 3.8) is 0 Å². The molecule has 1 aromatic heterocycles. The third-order valence-electron chi connectivity index (χ3n) is 2.86. The number of nitrogens with one attached hydrogen (secondary N) is 1. The van der Waals surface area contributed by atoms with Crippen molar-refractivity contribution in [1.82, 2.24) is 10.3 Å². The molecule has 0 bridgehead atoms. The van der Waals surface area contributed by atoms with Gasteiger partial charge in [0.1, 0.15) is 0 Å². The van der Waals surface area contributed by atoms with Crippen LogP contribution in [0.15, 0.2) is 0 Å². The van der Waals surface area contributed by atoms with Crippen LogP contribution in [0.5, 0.6) is 0 Å². The average Bonchev–Trinajstić information content (AvgIpc) is 2.66. The Balaban J connectivity index is 2.74. The second kappa shape index (κ2) is 5.99. The van der Waals surface area contributed by atoms with Crippen LogP contribution in [0.1, 0.15) is 49.3 Å². The van der Waals surface area contributed by atoms with Gasteiger partial charge in [0.2, 0.25) is 0 Å². The Labute approximate surface area is 121 Å². The topological polar surface area (TPSA) is 45.2 Å². The molecule has 1 heterocycles. The number of aliphatic hydroxyl groups excluding tert-OH is 1. The molecule has 0 radical (unpaired) electrons. The van der Waals surface area contributed by atoms with Gasteiger partial charge in [-0.25, -0.2) is 4.98 Å². The van der Waals surface area contributed by atoms with Gasteiger partial charge in [-0.3, -0.25) is 0 Å². The molecule has 0 aromatic carbocycles. The molecule has 3 nitrogen and oxygen atoms in total. The number of hydrogen-bond donors (Lipinski definition) is 2. The van der Waals surface area contributed by atoms with Crippen molar-refractivity contribution in [3.05, 3.63) is 15.6 Å². The van der Waals surface area contributed by atoms with E-state index in [1.807, 2.05) is 27.7 Å². The van der Waals surface area contributed by atoms with Crippen LogP contribution in [0.4, 0.5) is 13.2 Å². The van der Waals surface area contributed by atoms with Crippen LogP contribution in [-0.2, 0) is 5.41 Å². The lowest BCUT2D eigenvalue weighted by molar-refractivity contribution is -0.202. The number of nitrogens with zero attached hydrogens (tertiary/aromatic N) is 1. The van der Waals surface area contributed by atoms with Gasteiger partial charge in [0.05, 0.1) is 10.7 Å². The van der Waals surface area contributed by atoms with Gasteiger partial charge in [-0.15, -0.1) is 11.3 Å². The van der Waals surface area contributed by atoms with E-state index in [0.717, 1.165) is 15.6 Å². The highest BCUT2D eigenvalue weighted by Gasteiger charge is 2.38. The van der Waals surface area contributed by atoms with Gasteiger partial charge in [0.25, 0.3) is 0 Å². The molecule has 0 aliphatic carbocycles. The Kier molecular flexibility index (Phi) is 5.21. The van der Waals surface area contributed by atoms with Gasteiger partial charge in [0.15, 0.2) is 6.10 Å². The van der Waals surface area contributed by atoms with E-state index in [-0.39, 0.29) is 11.5 Å². The summed E-state index contributed by atoms with van der Waals surface area (Å²) in [6.45, 7) is 9.23. The molecule has 2 unspecified atom stereocenters. The molecular weight excluding hydrogens is 289 g/mol. The summed E-state index contributed by atoms with van der Waals surface area (Å²) in [4.78, 5) is 5.38. The first-order valence-electron chi connectivity index (χ1n) is 6.39. The summed E-state index contributed by atoms with van der Waals surface area (Å²) in [6.07, 6.45) is -6.94. The first-order chi connectivity index (χ1) is 8.93. The van der Waals surface area contributed by atoms with Crippen LogP contribution in [0, 0.1) is 6.92 Å². The molecule has 2 atom stereocenters. The fourth-order valence-electron chi connectivity index (χ4n) is 1.63. The zero-order chi connectivity index (χ0) is 15.7. The van der Waals surface area contributed by atoms with Crippen molar-refractivity contribution in [2.75, 3.05) is 6.54 Å². The first-order valence-corrected chi connectivity index (χ1v) is 7.20. The molecule has 7 heteroatoms. The molecular formula is C13H21F3N2OS. The van der Waals surface area contributed by atoms with Gasteiger partial charge >= 0.3 is 6.18 Å². The van der Waals surface area contributed by atoms with E-state index in [1.54, 1.807) is 6.92 Å². The van der Waals surface area contributed by atoms with Crippen molar-refractivity contribution in [1.29, 1.82) is 0 Å². The van der Waals surface area contributed by atoms with Crippen LogP contribution in [0.25, 0.3) is 0 Å². The standard InChI is InChI=1S/C13H21F3N2OS/c1-7(17-6-9(19)13(14,15)16)10-8(2)18-11(20-10)12(3,4)5/h7,9,17,19H,6H2,1-5H3. The summed E-state index contributed by atoms with van der Waals surface area (Å²) in [7, 11) is 0. The maximum Gasteiger partial charge on any atom is 0.415 e. The number of rotatable bonds is 4. The van der Waals surface area contributed by atoms with Crippen LogP contribution in [0.2, 0.25) is 0 Å². The number of hydrogen-bond acceptors (Lipinski definition) is 4. The van der Waals surface area contributed by atoms with Gasteiger partial charge in [-0.2, -0.15) is 13.2 Å². The molecule has 0 fully saturated rings. The minimum absolute atomic E-state index is 0.0844. The normalized spacial score (nSPS) is 16.2. The molecule has 0 spiro atoms. The molecule has 116 valence electrons. The minimum Gasteiger partial charge on any atom is -0.382 e. The van der Waals surface area contributed by atoms with Crippen molar-refractivity contribution in [3.8, 4) is 0 Å². The zero-order valence-electron chi connectivity index (χ0n) is 12.3.